The maximum absolute atomic E-state index is 13.3. The summed E-state index contributed by atoms with van der Waals surface area (Å²) in [6.07, 6.45) is 3.60. The zero-order valence-electron chi connectivity index (χ0n) is 14.6. The Balaban J connectivity index is 1.65. The van der Waals surface area contributed by atoms with Gasteiger partial charge in [-0.3, -0.25) is 9.78 Å². The van der Waals surface area contributed by atoms with Crippen LogP contribution in [0, 0.1) is 6.92 Å². The van der Waals surface area contributed by atoms with Crippen LogP contribution in [0.1, 0.15) is 27.0 Å². The molecular formula is C20H20N4OS. The Morgan fingerprint density at radius 2 is 2.08 bits per heavy atom. The van der Waals surface area contributed by atoms with Gasteiger partial charge in [0.1, 0.15) is 9.88 Å². The van der Waals surface area contributed by atoms with E-state index in [-0.39, 0.29) is 11.9 Å². The summed E-state index contributed by atoms with van der Waals surface area (Å²) in [6, 6.07) is 13.9. The van der Waals surface area contributed by atoms with Gasteiger partial charge in [-0.1, -0.05) is 36.4 Å². The number of thiazole rings is 1. The third-order valence-corrected chi connectivity index (χ3v) is 5.78. The lowest BCUT2D eigenvalue weighted by molar-refractivity contribution is 0.0638. The van der Waals surface area contributed by atoms with E-state index in [9.17, 15) is 4.79 Å². The van der Waals surface area contributed by atoms with Crippen molar-refractivity contribution in [2.45, 2.75) is 13.0 Å². The van der Waals surface area contributed by atoms with E-state index in [0.717, 1.165) is 39.8 Å². The summed E-state index contributed by atoms with van der Waals surface area (Å²) in [5.41, 5.74) is 2.89. The summed E-state index contributed by atoms with van der Waals surface area (Å²) in [7, 11) is 0. The van der Waals surface area contributed by atoms with Crippen molar-refractivity contribution in [3.05, 3.63) is 71.0 Å². The summed E-state index contributed by atoms with van der Waals surface area (Å²) < 4.78 is 0. The number of carbonyl (C=O) groups excluding carboxylic acids is 1. The Labute approximate surface area is 156 Å². The van der Waals surface area contributed by atoms with Crippen molar-refractivity contribution in [1.82, 2.24) is 20.2 Å². The van der Waals surface area contributed by atoms with E-state index in [4.69, 9.17) is 0 Å². The van der Waals surface area contributed by atoms with Crippen molar-refractivity contribution in [3.63, 3.8) is 0 Å². The van der Waals surface area contributed by atoms with Crippen LogP contribution in [0.15, 0.2) is 54.9 Å². The summed E-state index contributed by atoms with van der Waals surface area (Å²) in [5, 5.41) is 4.27. The maximum atomic E-state index is 13.3. The standard InChI is InChI=1S/C20H20N4OS/c1-14-18(26-19(23-14)15-6-3-2-4-7-15)20(25)24-11-10-22-13-17(24)16-8-5-9-21-12-16/h2-9,12,17,22H,10-11,13H2,1H3. The van der Waals surface area contributed by atoms with Crippen molar-refractivity contribution >= 4 is 17.2 Å². The van der Waals surface area contributed by atoms with Gasteiger partial charge >= 0.3 is 0 Å². The van der Waals surface area contributed by atoms with Gasteiger partial charge in [0, 0.05) is 37.6 Å². The highest BCUT2D eigenvalue weighted by Gasteiger charge is 2.31. The molecule has 0 bridgehead atoms. The SMILES string of the molecule is Cc1nc(-c2ccccc2)sc1C(=O)N1CCNCC1c1cccnc1. The normalized spacial score (nSPS) is 17.3. The highest BCUT2D eigenvalue weighted by molar-refractivity contribution is 7.17. The number of amides is 1. The number of nitrogens with zero attached hydrogens (tertiary/aromatic N) is 3. The van der Waals surface area contributed by atoms with Crippen LogP contribution in [-0.2, 0) is 0 Å². The van der Waals surface area contributed by atoms with E-state index >= 15 is 0 Å². The first-order chi connectivity index (χ1) is 12.7. The number of aromatic nitrogens is 2. The van der Waals surface area contributed by atoms with E-state index < -0.39 is 0 Å². The first kappa shape index (κ1) is 16.9. The Morgan fingerprint density at radius 1 is 1.23 bits per heavy atom. The highest BCUT2D eigenvalue weighted by atomic mass is 32.1. The first-order valence-electron chi connectivity index (χ1n) is 8.68. The van der Waals surface area contributed by atoms with E-state index in [0.29, 0.717) is 6.54 Å². The van der Waals surface area contributed by atoms with Gasteiger partial charge in [-0.25, -0.2) is 4.98 Å². The second-order valence-electron chi connectivity index (χ2n) is 6.30. The largest absolute Gasteiger partial charge is 0.328 e. The summed E-state index contributed by atoms with van der Waals surface area (Å²) in [4.78, 5) is 24.8. The molecule has 3 heterocycles. The fourth-order valence-corrected chi connectivity index (χ4v) is 4.28. The number of hydrogen-bond acceptors (Lipinski definition) is 5. The molecule has 1 unspecified atom stereocenters. The van der Waals surface area contributed by atoms with E-state index in [1.807, 2.05) is 60.5 Å². The van der Waals surface area contributed by atoms with Gasteiger partial charge in [-0.15, -0.1) is 11.3 Å². The van der Waals surface area contributed by atoms with Crippen molar-refractivity contribution in [2.24, 2.45) is 0 Å². The van der Waals surface area contributed by atoms with Gasteiger partial charge in [0.15, 0.2) is 0 Å². The molecule has 0 radical (unpaired) electrons. The summed E-state index contributed by atoms with van der Waals surface area (Å²) >= 11 is 1.47. The molecule has 3 aromatic rings. The maximum Gasteiger partial charge on any atom is 0.266 e. The number of aryl methyl sites for hydroxylation is 1. The van der Waals surface area contributed by atoms with Gasteiger partial charge in [0.2, 0.25) is 0 Å². The van der Waals surface area contributed by atoms with Crippen LogP contribution < -0.4 is 5.32 Å². The number of nitrogens with one attached hydrogen (secondary N) is 1. The Hall–Kier alpha value is -2.57. The van der Waals surface area contributed by atoms with Crippen molar-refractivity contribution in [3.8, 4) is 10.6 Å². The van der Waals surface area contributed by atoms with E-state index in [1.165, 1.54) is 11.3 Å². The van der Waals surface area contributed by atoms with Gasteiger partial charge in [0.25, 0.3) is 5.91 Å². The van der Waals surface area contributed by atoms with Crippen LogP contribution in [-0.4, -0.2) is 40.4 Å². The summed E-state index contributed by atoms with van der Waals surface area (Å²) in [6.45, 7) is 4.13. The molecule has 0 aliphatic carbocycles. The molecule has 1 atom stereocenters. The molecule has 6 heteroatoms. The predicted octanol–water partition coefficient (Wildman–Crippen LogP) is 3.30. The van der Waals surface area contributed by atoms with E-state index in [1.54, 1.807) is 6.20 Å². The fraction of sp³-hybridized carbons (Fsp3) is 0.250. The molecule has 1 aliphatic heterocycles. The Bertz CT molecular complexity index is 895. The molecule has 1 aromatic carbocycles. The molecule has 5 nitrogen and oxygen atoms in total. The van der Waals surface area contributed by atoms with Crippen LogP contribution in [0.4, 0.5) is 0 Å². The van der Waals surface area contributed by atoms with Crippen molar-refractivity contribution < 1.29 is 4.79 Å². The highest BCUT2D eigenvalue weighted by Crippen LogP contribution is 2.31. The first-order valence-corrected chi connectivity index (χ1v) is 9.50. The van der Waals surface area contributed by atoms with Crippen LogP contribution >= 0.6 is 11.3 Å². The average molecular weight is 364 g/mol. The second-order valence-corrected chi connectivity index (χ2v) is 7.30. The molecule has 0 saturated carbocycles. The Morgan fingerprint density at radius 3 is 2.85 bits per heavy atom. The van der Waals surface area contributed by atoms with Crippen LogP contribution in [0.2, 0.25) is 0 Å². The topological polar surface area (TPSA) is 58.1 Å². The number of benzene rings is 1. The van der Waals surface area contributed by atoms with Crippen LogP contribution in [0.3, 0.4) is 0 Å². The Kier molecular flexibility index (Phi) is 4.77. The summed E-state index contributed by atoms with van der Waals surface area (Å²) in [5.74, 6) is 0.0533. The molecule has 132 valence electrons. The lowest BCUT2D eigenvalue weighted by Gasteiger charge is -2.36. The van der Waals surface area contributed by atoms with Gasteiger partial charge in [-0.2, -0.15) is 0 Å². The fourth-order valence-electron chi connectivity index (χ4n) is 3.25. The molecule has 4 rings (SSSR count). The molecule has 1 amide bonds. The molecular weight excluding hydrogens is 344 g/mol. The zero-order chi connectivity index (χ0) is 17.9. The molecule has 26 heavy (non-hydrogen) atoms. The average Bonchev–Trinajstić information content (AvgIpc) is 3.10. The molecule has 2 aromatic heterocycles. The smallest absolute Gasteiger partial charge is 0.266 e. The quantitative estimate of drug-likeness (QED) is 0.775. The minimum absolute atomic E-state index is 0.00775. The minimum atomic E-state index is -0.00775. The molecule has 0 spiro atoms. The lowest BCUT2D eigenvalue weighted by atomic mass is 10.0. The second kappa shape index (κ2) is 7.35. The molecule has 1 saturated heterocycles. The molecule has 1 N–H and O–H groups in total. The number of piperazine rings is 1. The van der Waals surface area contributed by atoms with Gasteiger partial charge < -0.3 is 10.2 Å². The predicted molar refractivity (Wildman–Crippen MR) is 103 cm³/mol. The van der Waals surface area contributed by atoms with Crippen LogP contribution in [0.25, 0.3) is 10.6 Å². The van der Waals surface area contributed by atoms with Crippen LogP contribution in [0.5, 0.6) is 0 Å². The van der Waals surface area contributed by atoms with Crippen molar-refractivity contribution in [1.29, 1.82) is 0 Å². The molecule has 1 fully saturated rings. The van der Waals surface area contributed by atoms with E-state index in [2.05, 4.69) is 15.3 Å². The lowest BCUT2D eigenvalue weighted by Crippen LogP contribution is -2.48. The number of rotatable bonds is 3. The van der Waals surface area contributed by atoms with Crippen molar-refractivity contribution in [2.75, 3.05) is 19.6 Å². The minimum Gasteiger partial charge on any atom is -0.328 e. The number of carbonyl (C=O) groups is 1. The number of hydrogen-bond donors (Lipinski definition) is 1. The third kappa shape index (κ3) is 3.25. The van der Waals surface area contributed by atoms with Gasteiger partial charge in [0.05, 0.1) is 11.7 Å². The number of pyridine rings is 1. The molecule has 1 aliphatic rings. The third-order valence-electron chi connectivity index (χ3n) is 4.59. The van der Waals surface area contributed by atoms with Gasteiger partial charge in [-0.05, 0) is 18.6 Å². The monoisotopic (exact) mass is 364 g/mol. The zero-order valence-corrected chi connectivity index (χ0v) is 15.4.